The smallest absolute Gasteiger partial charge is 0.0956 e. The zero-order chi connectivity index (χ0) is 12.3. The number of nitrogens with zero attached hydrogens (tertiary/aromatic N) is 1. The molecule has 0 saturated carbocycles. The molecule has 0 aliphatic heterocycles. The molecule has 4 heteroatoms. The summed E-state index contributed by atoms with van der Waals surface area (Å²) >= 11 is 1.77. The highest BCUT2D eigenvalue weighted by Gasteiger charge is 2.15. The van der Waals surface area contributed by atoms with Crippen molar-refractivity contribution in [3.05, 3.63) is 15.6 Å². The van der Waals surface area contributed by atoms with E-state index in [2.05, 4.69) is 38.0 Å². The van der Waals surface area contributed by atoms with Gasteiger partial charge in [0.25, 0.3) is 0 Å². The van der Waals surface area contributed by atoms with Crippen molar-refractivity contribution in [2.24, 2.45) is 0 Å². The lowest BCUT2D eigenvalue weighted by Gasteiger charge is -2.13. The molecule has 0 fully saturated rings. The molecule has 2 N–H and O–H groups in total. The maximum absolute atomic E-state index is 9.24. The van der Waals surface area contributed by atoms with Gasteiger partial charge in [-0.15, -0.1) is 11.3 Å². The fourth-order valence-corrected chi connectivity index (χ4v) is 2.62. The van der Waals surface area contributed by atoms with Crippen LogP contribution in [0.15, 0.2) is 0 Å². The van der Waals surface area contributed by atoms with Crippen molar-refractivity contribution >= 4 is 11.3 Å². The largest absolute Gasteiger partial charge is 0.392 e. The molecule has 1 aromatic rings. The topological polar surface area (TPSA) is 45.2 Å². The van der Waals surface area contributed by atoms with Crippen molar-refractivity contribution in [2.45, 2.75) is 52.7 Å². The average Bonchev–Trinajstić information content (AvgIpc) is 2.57. The van der Waals surface area contributed by atoms with Crippen LogP contribution in [0.5, 0.6) is 0 Å². The zero-order valence-electron chi connectivity index (χ0n) is 10.7. The van der Waals surface area contributed by atoms with Gasteiger partial charge in [0.15, 0.2) is 0 Å². The first-order chi connectivity index (χ1) is 7.41. The Labute approximate surface area is 102 Å². The second-order valence-electron chi connectivity index (χ2n) is 4.64. The van der Waals surface area contributed by atoms with E-state index in [0.717, 1.165) is 5.69 Å². The first kappa shape index (κ1) is 13.6. The molecule has 0 bridgehead atoms. The van der Waals surface area contributed by atoms with Gasteiger partial charge in [-0.1, -0.05) is 13.8 Å². The van der Waals surface area contributed by atoms with Crippen molar-refractivity contribution in [2.75, 3.05) is 6.54 Å². The highest BCUT2D eigenvalue weighted by Crippen LogP contribution is 2.28. The minimum absolute atomic E-state index is 0.264. The highest BCUT2D eigenvalue weighted by molar-refractivity contribution is 7.11. The number of hydrogen-bond acceptors (Lipinski definition) is 4. The highest BCUT2D eigenvalue weighted by atomic mass is 32.1. The summed E-state index contributed by atoms with van der Waals surface area (Å²) in [5, 5.41) is 13.7. The van der Waals surface area contributed by atoms with E-state index < -0.39 is 0 Å². The van der Waals surface area contributed by atoms with Crippen LogP contribution in [-0.2, 0) is 0 Å². The molecule has 1 rings (SSSR count). The Bertz CT molecular complexity index is 334. The summed E-state index contributed by atoms with van der Waals surface area (Å²) in [6.07, 6.45) is -0.305. The number of thiazole rings is 1. The molecule has 3 nitrogen and oxygen atoms in total. The van der Waals surface area contributed by atoms with E-state index in [1.165, 1.54) is 9.88 Å². The molecule has 2 unspecified atom stereocenters. The molecule has 0 aromatic carbocycles. The second-order valence-corrected chi connectivity index (χ2v) is 5.70. The van der Waals surface area contributed by atoms with E-state index in [-0.39, 0.29) is 12.1 Å². The van der Waals surface area contributed by atoms with Gasteiger partial charge in [-0.25, -0.2) is 4.98 Å². The maximum Gasteiger partial charge on any atom is 0.0956 e. The summed E-state index contributed by atoms with van der Waals surface area (Å²) in [7, 11) is 0. The fraction of sp³-hybridized carbons (Fsp3) is 0.750. The molecular weight excluding hydrogens is 220 g/mol. The fourth-order valence-electron chi connectivity index (χ4n) is 1.52. The number of aliphatic hydroxyl groups is 1. The average molecular weight is 242 g/mol. The van der Waals surface area contributed by atoms with Crippen LogP contribution < -0.4 is 5.32 Å². The zero-order valence-corrected chi connectivity index (χ0v) is 11.6. The lowest BCUT2D eigenvalue weighted by Crippen LogP contribution is -2.27. The number of aromatic nitrogens is 1. The van der Waals surface area contributed by atoms with Crippen LogP contribution in [0.1, 0.15) is 55.2 Å². The van der Waals surface area contributed by atoms with E-state index in [4.69, 9.17) is 0 Å². The number of rotatable bonds is 5. The standard InChI is InChI=1S/C12H22N2OS/c1-7(2)12-14-10(5)11(16-12)9(4)13-6-8(3)15/h7-9,13,15H,6H2,1-5H3. The summed E-state index contributed by atoms with van der Waals surface area (Å²) in [4.78, 5) is 5.86. The Hall–Kier alpha value is -0.450. The van der Waals surface area contributed by atoms with Gasteiger partial charge in [0.05, 0.1) is 16.8 Å². The Morgan fingerprint density at radius 2 is 1.94 bits per heavy atom. The van der Waals surface area contributed by atoms with Crippen LogP contribution >= 0.6 is 11.3 Å². The Balaban J connectivity index is 2.71. The van der Waals surface area contributed by atoms with E-state index in [1.54, 1.807) is 18.3 Å². The predicted molar refractivity (Wildman–Crippen MR) is 69.0 cm³/mol. The predicted octanol–water partition coefficient (Wildman–Crippen LogP) is 2.61. The number of hydrogen-bond donors (Lipinski definition) is 2. The van der Waals surface area contributed by atoms with Crippen molar-refractivity contribution in [3.8, 4) is 0 Å². The first-order valence-corrected chi connectivity index (χ1v) is 6.62. The molecule has 92 valence electrons. The molecule has 0 saturated heterocycles. The molecule has 0 radical (unpaired) electrons. The molecule has 1 aromatic heterocycles. The Morgan fingerprint density at radius 3 is 2.38 bits per heavy atom. The van der Waals surface area contributed by atoms with Gasteiger partial charge < -0.3 is 10.4 Å². The van der Waals surface area contributed by atoms with Gasteiger partial charge in [0, 0.05) is 23.4 Å². The van der Waals surface area contributed by atoms with Gasteiger partial charge in [0.1, 0.15) is 0 Å². The van der Waals surface area contributed by atoms with Crippen LogP contribution in [0.3, 0.4) is 0 Å². The minimum atomic E-state index is -0.305. The number of nitrogens with one attached hydrogen (secondary N) is 1. The minimum Gasteiger partial charge on any atom is -0.392 e. The van der Waals surface area contributed by atoms with Gasteiger partial charge in [-0.3, -0.25) is 0 Å². The molecule has 0 aliphatic rings. The maximum atomic E-state index is 9.24. The Kier molecular flexibility index (Phi) is 4.89. The van der Waals surface area contributed by atoms with Gasteiger partial charge in [0.2, 0.25) is 0 Å². The lowest BCUT2D eigenvalue weighted by atomic mass is 10.2. The third-order valence-corrected chi connectivity index (χ3v) is 4.10. The Morgan fingerprint density at radius 1 is 1.31 bits per heavy atom. The van der Waals surface area contributed by atoms with Crippen LogP contribution in [0.2, 0.25) is 0 Å². The van der Waals surface area contributed by atoms with Crippen molar-refractivity contribution in [1.82, 2.24) is 10.3 Å². The molecule has 0 aliphatic carbocycles. The normalized spacial score (nSPS) is 15.4. The summed E-state index contributed by atoms with van der Waals surface area (Å²) < 4.78 is 0. The third kappa shape index (κ3) is 3.54. The molecule has 0 spiro atoms. The van der Waals surface area contributed by atoms with Gasteiger partial charge in [-0.2, -0.15) is 0 Å². The van der Waals surface area contributed by atoms with Crippen LogP contribution in [0, 0.1) is 6.92 Å². The quantitative estimate of drug-likeness (QED) is 0.834. The van der Waals surface area contributed by atoms with Crippen LogP contribution in [0.4, 0.5) is 0 Å². The third-order valence-electron chi connectivity index (χ3n) is 2.46. The summed E-state index contributed by atoms with van der Waals surface area (Å²) in [5.41, 5.74) is 1.11. The summed E-state index contributed by atoms with van der Waals surface area (Å²) in [6.45, 7) is 10.9. The van der Waals surface area contributed by atoms with E-state index >= 15 is 0 Å². The summed E-state index contributed by atoms with van der Waals surface area (Å²) in [5.74, 6) is 0.487. The van der Waals surface area contributed by atoms with Gasteiger partial charge >= 0.3 is 0 Å². The molecule has 1 heterocycles. The van der Waals surface area contributed by atoms with E-state index in [9.17, 15) is 5.11 Å². The van der Waals surface area contributed by atoms with E-state index in [0.29, 0.717) is 12.5 Å². The SMILES string of the molecule is Cc1nc(C(C)C)sc1C(C)NCC(C)O. The molecule has 16 heavy (non-hydrogen) atoms. The number of aryl methyl sites for hydroxylation is 1. The van der Waals surface area contributed by atoms with Crippen molar-refractivity contribution in [1.29, 1.82) is 0 Å². The summed E-state index contributed by atoms with van der Waals surface area (Å²) in [6, 6.07) is 0.264. The van der Waals surface area contributed by atoms with Crippen molar-refractivity contribution < 1.29 is 5.11 Å². The van der Waals surface area contributed by atoms with E-state index in [1.807, 2.05) is 0 Å². The van der Waals surface area contributed by atoms with Gasteiger partial charge in [-0.05, 0) is 20.8 Å². The lowest BCUT2D eigenvalue weighted by molar-refractivity contribution is 0.187. The molecule has 2 atom stereocenters. The molecular formula is C12H22N2OS. The first-order valence-electron chi connectivity index (χ1n) is 5.80. The van der Waals surface area contributed by atoms with Crippen LogP contribution in [0.25, 0.3) is 0 Å². The number of aliphatic hydroxyl groups excluding tert-OH is 1. The van der Waals surface area contributed by atoms with Crippen LogP contribution in [-0.4, -0.2) is 22.7 Å². The molecule has 0 amide bonds. The second kappa shape index (κ2) is 5.75. The monoisotopic (exact) mass is 242 g/mol. The van der Waals surface area contributed by atoms with Crippen molar-refractivity contribution in [3.63, 3.8) is 0 Å².